The molecule has 1 spiro atoms. The number of rotatable bonds is 4. The van der Waals surface area contributed by atoms with Gasteiger partial charge < -0.3 is 14.9 Å². The predicted molar refractivity (Wildman–Crippen MR) is 102 cm³/mol. The Morgan fingerprint density at radius 1 is 1.07 bits per heavy atom. The summed E-state index contributed by atoms with van der Waals surface area (Å²) in [5.74, 6) is 0.151. The van der Waals surface area contributed by atoms with E-state index in [0.29, 0.717) is 18.8 Å². The van der Waals surface area contributed by atoms with Gasteiger partial charge in [0.05, 0.1) is 18.2 Å². The number of hydrogen-bond donors (Lipinski definition) is 1. The van der Waals surface area contributed by atoms with E-state index in [-0.39, 0.29) is 36.3 Å². The monoisotopic (exact) mass is 377 g/mol. The largest absolute Gasteiger partial charge is 0.394 e. The van der Waals surface area contributed by atoms with E-state index >= 15 is 0 Å². The van der Waals surface area contributed by atoms with Crippen LogP contribution in [0.15, 0.2) is 54.7 Å². The highest BCUT2D eigenvalue weighted by atomic mass is 16.3. The third kappa shape index (κ3) is 2.48. The van der Waals surface area contributed by atoms with Crippen LogP contribution in [0.5, 0.6) is 0 Å². The minimum atomic E-state index is -0.418. The van der Waals surface area contributed by atoms with Gasteiger partial charge in [-0.2, -0.15) is 0 Å². The molecule has 2 amide bonds. The van der Waals surface area contributed by atoms with Gasteiger partial charge in [-0.05, 0) is 30.5 Å². The van der Waals surface area contributed by atoms with Crippen LogP contribution >= 0.6 is 0 Å². The molecule has 3 aliphatic rings. The van der Waals surface area contributed by atoms with Crippen molar-refractivity contribution in [2.75, 3.05) is 19.7 Å². The van der Waals surface area contributed by atoms with Crippen molar-refractivity contribution in [2.24, 2.45) is 5.92 Å². The summed E-state index contributed by atoms with van der Waals surface area (Å²) in [6.07, 6.45) is 3.47. The van der Waals surface area contributed by atoms with E-state index in [4.69, 9.17) is 0 Å². The van der Waals surface area contributed by atoms with Crippen LogP contribution in [0.25, 0.3) is 0 Å². The van der Waals surface area contributed by atoms with E-state index in [1.165, 1.54) is 0 Å². The third-order valence-electron chi connectivity index (χ3n) is 6.39. The molecule has 2 aliphatic heterocycles. The zero-order valence-electron chi connectivity index (χ0n) is 15.6. The van der Waals surface area contributed by atoms with Gasteiger partial charge in [-0.15, -0.1) is 0 Å². The summed E-state index contributed by atoms with van der Waals surface area (Å²) in [5.41, 5.74) is 1.12. The maximum atomic E-state index is 13.0. The molecule has 6 heteroatoms. The van der Waals surface area contributed by atoms with Crippen LogP contribution in [0.3, 0.4) is 0 Å². The number of nitrogens with zero attached hydrogens (tertiary/aromatic N) is 3. The highest BCUT2D eigenvalue weighted by molar-refractivity contribution is 5.94. The van der Waals surface area contributed by atoms with Gasteiger partial charge in [-0.25, -0.2) is 0 Å². The van der Waals surface area contributed by atoms with Gasteiger partial charge in [-0.1, -0.05) is 36.4 Å². The molecular formula is C22H23N3O3. The maximum Gasteiger partial charge on any atom is 0.272 e. The molecule has 1 aromatic carbocycles. The summed E-state index contributed by atoms with van der Waals surface area (Å²) in [6, 6.07) is 15.1. The Morgan fingerprint density at radius 3 is 2.39 bits per heavy atom. The Balaban J connectivity index is 1.44. The molecule has 0 unspecified atom stereocenters. The first-order valence-electron chi connectivity index (χ1n) is 9.85. The summed E-state index contributed by atoms with van der Waals surface area (Å²) in [4.78, 5) is 33.6. The molecule has 1 N–H and O–H groups in total. The van der Waals surface area contributed by atoms with E-state index in [1.54, 1.807) is 29.3 Å². The van der Waals surface area contributed by atoms with Gasteiger partial charge in [0.15, 0.2) is 0 Å². The smallest absolute Gasteiger partial charge is 0.272 e. The van der Waals surface area contributed by atoms with E-state index < -0.39 is 5.54 Å². The van der Waals surface area contributed by atoms with E-state index in [2.05, 4.69) is 17.1 Å². The number of aliphatic hydroxyl groups is 1. The van der Waals surface area contributed by atoms with E-state index in [9.17, 15) is 14.7 Å². The third-order valence-corrected chi connectivity index (χ3v) is 6.39. The van der Waals surface area contributed by atoms with Crippen LogP contribution in [0, 0.1) is 5.92 Å². The fraction of sp³-hybridized carbons (Fsp3) is 0.409. The summed E-state index contributed by atoms with van der Waals surface area (Å²) in [7, 11) is 0. The topological polar surface area (TPSA) is 73.7 Å². The van der Waals surface area contributed by atoms with Crippen molar-refractivity contribution in [1.29, 1.82) is 0 Å². The lowest BCUT2D eigenvalue weighted by molar-refractivity contribution is -0.194. The van der Waals surface area contributed by atoms with E-state index in [1.807, 2.05) is 23.1 Å². The normalized spacial score (nSPS) is 25.2. The molecule has 3 fully saturated rings. The molecule has 0 radical (unpaired) electrons. The van der Waals surface area contributed by atoms with Crippen molar-refractivity contribution in [3.8, 4) is 0 Å². The number of carbonyl (C=O) groups excluding carboxylic acids is 2. The number of amides is 2. The van der Waals surface area contributed by atoms with Gasteiger partial charge in [0.25, 0.3) is 5.91 Å². The zero-order valence-corrected chi connectivity index (χ0v) is 15.6. The summed E-state index contributed by atoms with van der Waals surface area (Å²) in [5, 5.41) is 10.1. The van der Waals surface area contributed by atoms with Gasteiger partial charge >= 0.3 is 0 Å². The molecule has 1 aliphatic carbocycles. The fourth-order valence-corrected chi connectivity index (χ4v) is 4.95. The van der Waals surface area contributed by atoms with Crippen LogP contribution in [0.1, 0.15) is 34.8 Å². The van der Waals surface area contributed by atoms with Crippen molar-refractivity contribution >= 4 is 11.8 Å². The second kappa shape index (κ2) is 6.41. The van der Waals surface area contributed by atoms with Crippen molar-refractivity contribution in [3.63, 3.8) is 0 Å². The van der Waals surface area contributed by atoms with Crippen molar-refractivity contribution in [3.05, 3.63) is 66.0 Å². The first-order valence-corrected chi connectivity index (χ1v) is 9.85. The lowest BCUT2D eigenvalue weighted by Crippen LogP contribution is -2.86. The second-order valence-electron chi connectivity index (χ2n) is 8.10. The zero-order chi connectivity index (χ0) is 19.3. The summed E-state index contributed by atoms with van der Waals surface area (Å²) < 4.78 is 0. The molecule has 0 bridgehead atoms. The number of pyridine rings is 1. The lowest BCUT2D eigenvalue weighted by atomic mass is 9.60. The molecule has 144 valence electrons. The SMILES string of the molecule is O=C(c1ccccn1)N1CC2(C1)[C@@H](c1ccccc1)[C@H](CO)N2C(=O)C1CC1. The maximum absolute atomic E-state index is 13.0. The Bertz CT molecular complexity index is 892. The van der Waals surface area contributed by atoms with Crippen LogP contribution in [0.4, 0.5) is 0 Å². The van der Waals surface area contributed by atoms with Crippen molar-refractivity contribution in [1.82, 2.24) is 14.8 Å². The average Bonchev–Trinajstić information content (AvgIpc) is 3.53. The highest BCUT2D eigenvalue weighted by Crippen LogP contribution is 2.55. The molecule has 2 aromatic rings. The van der Waals surface area contributed by atoms with Crippen LogP contribution < -0.4 is 0 Å². The number of benzene rings is 1. The number of aromatic nitrogens is 1. The molecule has 6 nitrogen and oxygen atoms in total. The highest BCUT2D eigenvalue weighted by Gasteiger charge is 2.69. The van der Waals surface area contributed by atoms with Gasteiger partial charge in [0, 0.05) is 31.1 Å². The molecule has 3 heterocycles. The van der Waals surface area contributed by atoms with Gasteiger partial charge in [-0.3, -0.25) is 14.6 Å². The van der Waals surface area contributed by atoms with Crippen molar-refractivity contribution in [2.45, 2.75) is 30.3 Å². The molecular weight excluding hydrogens is 354 g/mol. The van der Waals surface area contributed by atoms with Crippen LogP contribution in [-0.2, 0) is 4.79 Å². The van der Waals surface area contributed by atoms with Gasteiger partial charge in [0.2, 0.25) is 5.91 Å². The first-order chi connectivity index (χ1) is 13.7. The number of hydrogen-bond acceptors (Lipinski definition) is 4. The van der Waals surface area contributed by atoms with Crippen molar-refractivity contribution < 1.29 is 14.7 Å². The second-order valence-corrected chi connectivity index (χ2v) is 8.10. The molecule has 2 atom stereocenters. The van der Waals surface area contributed by atoms with Gasteiger partial charge in [0.1, 0.15) is 5.69 Å². The Morgan fingerprint density at radius 2 is 1.79 bits per heavy atom. The molecule has 5 rings (SSSR count). The quantitative estimate of drug-likeness (QED) is 0.880. The average molecular weight is 377 g/mol. The molecule has 28 heavy (non-hydrogen) atoms. The van der Waals surface area contributed by atoms with E-state index in [0.717, 1.165) is 18.4 Å². The number of aliphatic hydroxyl groups excluding tert-OH is 1. The fourth-order valence-electron chi connectivity index (χ4n) is 4.95. The minimum absolute atomic E-state index is 0.0363. The molecule has 2 saturated heterocycles. The number of likely N-dealkylation sites (tertiary alicyclic amines) is 2. The molecule has 1 saturated carbocycles. The standard InChI is InChI=1S/C22H23N3O3/c26-12-18-19(15-6-2-1-3-7-15)22(25(18)20(27)16-9-10-16)13-24(14-22)21(28)17-8-4-5-11-23-17/h1-8,11,16,18-19,26H,9-10,12-14H2/t18-,19-/m0/s1. The van der Waals surface area contributed by atoms with Crippen LogP contribution in [0.2, 0.25) is 0 Å². The number of carbonyl (C=O) groups is 2. The first kappa shape index (κ1) is 17.4. The van der Waals surface area contributed by atoms with Crippen LogP contribution in [-0.4, -0.2) is 63.0 Å². The summed E-state index contributed by atoms with van der Waals surface area (Å²) >= 11 is 0. The Hall–Kier alpha value is -2.73. The Labute approximate surface area is 163 Å². The predicted octanol–water partition coefficient (Wildman–Crippen LogP) is 1.67. The lowest BCUT2D eigenvalue weighted by Gasteiger charge is -2.70. The minimum Gasteiger partial charge on any atom is -0.394 e. The summed E-state index contributed by atoms with van der Waals surface area (Å²) in [6.45, 7) is 0.905. The molecule has 1 aromatic heterocycles. The Kier molecular flexibility index (Phi) is 3.98.